The zero-order valence-electron chi connectivity index (χ0n) is 17.5. The highest BCUT2D eigenvalue weighted by molar-refractivity contribution is 5.78. The van der Waals surface area contributed by atoms with Gasteiger partial charge in [-0.15, -0.1) is 0 Å². The number of hydrogen-bond acceptors (Lipinski definition) is 4. The lowest BCUT2D eigenvalue weighted by molar-refractivity contribution is -0.133. The summed E-state index contributed by atoms with van der Waals surface area (Å²) in [6.07, 6.45) is 3.34. The Morgan fingerprint density at radius 2 is 1.90 bits per heavy atom. The Bertz CT molecular complexity index is 846. The molecule has 2 aliphatic rings. The van der Waals surface area contributed by atoms with Gasteiger partial charge in [0.2, 0.25) is 5.91 Å². The number of benzene rings is 2. The molecule has 0 aromatic heterocycles. The Morgan fingerprint density at radius 3 is 2.69 bits per heavy atom. The number of rotatable bonds is 5. The molecule has 1 aliphatic carbocycles. The molecule has 0 spiro atoms. The zero-order valence-corrected chi connectivity index (χ0v) is 17.5. The molecule has 1 amide bonds. The van der Waals surface area contributed by atoms with Gasteiger partial charge in [-0.1, -0.05) is 30.3 Å². The average molecular weight is 394 g/mol. The smallest absolute Gasteiger partial charge is 0.237 e. The third-order valence-electron chi connectivity index (χ3n) is 6.35. The maximum Gasteiger partial charge on any atom is 0.237 e. The number of ether oxygens (including phenoxy) is 1. The van der Waals surface area contributed by atoms with Gasteiger partial charge in [0.05, 0.1) is 19.7 Å². The summed E-state index contributed by atoms with van der Waals surface area (Å²) >= 11 is 0. The largest absolute Gasteiger partial charge is 0.497 e. The number of aryl methyl sites for hydroxylation is 1. The van der Waals surface area contributed by atoms with Gasteiger partial charge in [0.15, 0.2) is 0 Å². The van der Waals surface area contributed by atoms with E-state index in [1.54, 1.807) is 7.11 Å². The van der Waals surface area contributed by atoms with Crippen LogP contribution in [-0.2, 0) is 11.2 Å². The van der Waals surface area contributed by atoms with Crippen LogP contribution in [0.2, 0.25) is 0 Å². The van der Waals surface area contributed by atoms with Crippen molar-refractivity contribution in [3.05, 3.63) is 59.7 Å². The van der Waals surface area contributed by atoms with E-state index in [0.29, 0.717) is 6.54 Å². The molecule has 0 unspecified atom stereocenters. The molecular weight excluding hydrogens is 362 g/mol. The van der Waals surface area contributed by atoms with E-state index in [-0.39, 0.29) is 11.9 Å². The first-order valence-electron chi connectivity index (χ1n) is 10.6. The molecule has 1 aliphatic heterocycles. The van der Waals surface area contributed by atoms with E-state index in [0.717, 1.165) is 51.2 Å². The molecule has 0 saturated carbocycles. The van der Waals surface area contributed by atoms with Crippen molar-refractivity contribution in [2.24, 2.45) is 0 Å². The van der Waals surface area contributed by atoms with Crippen LogP contribution in [0.5, 0.6) is 5.75 Å². The molecule has 2 aromatic rings. The van der Waals surface area contributed by atoms with Crippen LogP contribution in [0, 0.1) is 0 Å². The molecule has 0 radical (unpaired) electrons. The summed E-state index contributed by atoms with van der Waals surface area (Å²) < 4.78 is 5.34. The van der Waals surface area contributed by atoms with Crippen LogP contribution in [0.4, 0.5) is 5.69 Å². The Labute approximate surface area is 173 Å². The number of likely N-dealkylation sites (N-methyl/N-ethyl adjacent to an activating group) is 1. The first kappa shape index (κ1) is 19.8. The van der Waals surface area contributed by atoms with E-state index in [1.165, 1.54) is 16.8 Å². The van der Waals surface area contributed by atoms with E-state index < -0.39 is 0 Å². The average Bonchev–Trinajstić information content (AvgIpc) is 2.78. The van der Waals surface area contributed by atoms with Crippen molar-refractivity contribution >= 4 is 11.6 Å². The van der Waals surface area contributed by atoms with E-state index in [9.17, 15) is 4.79 Å². The molecule has 2 aromatic carbocycles. The fraction of sp³-hybridized carbons (Fsp3) is 0.458. The number of nitrogens with zero attached hydrogens (tertiary/aromatic N) is 3. The Hall–Kier alpha value is -2.53. The number of piperazine rings is 1. The molecule has 1 atom stereocenters. The van der Waals surface area contributed by atoms with Crippen molar-refractivity contribution in [3.63, 3.8) is 0 Å². The molecule has 0 N–H and O–H groups in total. The number of fused-ring (bicyclic) bond motifs is 1. The highest BCUT2D eigenvalue weighted by Gasteiger charge is 2.28. The van der Waals surface area contributed by atoms with Gasteiger partial charge in [0.25, 0.3) is 0 Å². The molecule has 1 saturated heterocycles. The summed E-state index contributed by atoms with van der Waals surface area (Å²) in [6.45, 7) is 4.16. The number of methoxy groups -OCH3 is 1. The Morgan fingerprint density at radius 1 is 1.10 bits per heavy atom. The van der Waals surface area contributed by atoms with Gasteiger partial charge in [-0.3, -0.25) is 9.69 Å². The molecule has 29 heavy (non-hydrogen) atoms. The highest BCUT2D eigenvalue weighted by Crippen LogP contribution is 2.33. The van der Waals surface area contributed by atoms with E-state index in [2.05, 4.69) is 46.2 Å². The first-order chi connectivity index (χ1) is 14.2. The third kappa shape index (κ3) is 4.40. The summed E-state index contributed by atoms with van der Waals surface area (Å²) in [7, 11) is 3.67. The monoisotopic (exact) mass is 393 g/mol. The molecule has 5 nitrogen and oxygen atoms in total. The third-order valence-corrected chi connectivity index (χ3v) is 6.35. The molecular formula is C24H31N3O2. The summed E-state index contributed by atoms with van der Waals surface area (Å²) in [5.41, 5.74) is 3.92. The first-order valence-corrected chi connectivity index (χ1v) is 10.6. The van der Waals surface area contributed by atoms with Crippen LogP contribution in [-0.4, -0.2) is 62.6 Å². The van der Waals surface area contributed by atoms with Crippen LogP contribution in [0.15, 0.2) is 48.5 Å². The maximum absolute atomic E-state index is 13.0. The van der Waals surface area contributed by atoms with E-state index in [4.69, 9.17) is 4.74 Å². The molecule has 5 heteroatoms. The Balaban J connectivity index is 1.33. The predicted molar refractivity (Wildman–Crippen MR) is 117 cm³/mol. The van der Waals surface area contributed by atoms with Crippen molar-refractivity contribution in [2.75, 3.05) is 51.8 Å². The number of carbonyl (C=O) groups excluding carboxylic acids is 1. The summed E-state index contributed by atoms with van der Waals surface area (Å²) in [4.78, 5) is 19.6. The predicted octanol–water partition coefficient (Wildman–Crippen LogP) is 3.35. The van der Waals surface area contributed by atoms with E-state index in [1.807, 2.05) is 24.1 Å². The Kier molecular flexibility index (Phi) is 6.05. The molecule has 0 bridgehead atoms. The minimum Gasteiger partial charge on any atom is -0.497 e. The van der Waals surface area contributed by atoms with Gasteiger partial charge in [0.1, 0.15) is 5.75 Å². The SMILES string of the molecule is COc1cccc(N2CCN(CC(=O)N(C)[C@@H]3CCCc4ccccc43)CC2)c1. The summed E-state index contributed by atoms with van der Waals surface area (Å²) in [5.74, 6) is 1.11. The van der Waals surface area contributed by atoms with Crippen LogP contribution in [0.1, 0.15) is 30.0 Å². The van der Waals surface area contributed by atoms with Crippen LogP contribution in [0.3, 0.4) is 0 Å². The molecule has 154 valence electrons. The lowest BCUT2D eigenvalue weighted by Crippen LogP contribution is -2.50. The van der Waals surface area contributed by atoms with Crippen molar-refractivity contribution in [1.29, 1.82) is 0 Å². The second-order valence-electron chi connectivity index (χ2n) is 8.08. The van der Waals surface area contributed by atoms with Gasteiger partial charge in [0, 0.05) is 45.0 Å². The van der Waals surface area contributed by atoms with Crippen molar-refractivity contribution < 1.29 is 9.53 Å². The molecule has 1 heterocycles. The summed E-state index contributed by atoms with van der Waals surface area (Å²) in [5, 5.41) is 0. The number of hydrogen-bond donors (Lipinski definition) is 0. The lowest BCUT2D eigenvalue weighted by atomic mass is 9.87. The van der Waals surface area contributed by atoms with Crippen molar-refractivity contribution in [2.45, 2.75) is 25.3 Å². The van der Waals surface area contributed by atoms with Crippen LogP contribution in [0.25, 0.3) is 0 Å². The second kappa shape index (κ2) is 8.87. The van der Waals surface area contributed by atoms with E-state index >= 15 is 0 Å². The second-order valence-corrected chi connectivity index (χ2v) is 8.08. The fourth-order valence-corrected chi connectivity index (χ4v) is 4.58. The topological polar surface area (TPSA) is 36.0 Å². The standard InChI is InChI=1S/C24H31N3O2/c1-25(23-12-5-8-19-7-3-4-11-22(19)23)24(28)18-26-13-15-27(16-14-26)20-9-6-10-21(17-20)29-2/h3-4,6-7,9-11,17,23H,5,8,12-16,18H2,1-2H3/t23-/m1/s1. The zero-order chi connectivity index (χ0) is 20.2. The van der Waals surface area contributed by atoms with Gasteiger partial charge in [-0.05, 0) is 42.5 Å². The number of carbonyl (C=O) groups is 1. The number of amides is 1. The van der Waals surface area contributed by atoms with Gasteiger partial charge < -0.3 is 14.5 Å². The van der Waals surface area contributed by atoms with Gasteiger partial charge >= 0.3 is 0 Å². The minimum atomic E-state index is 0.213. The van der Waals surface area contributed by atoms with Crippen molar-refractivity contribution in [3.8, 4) is 5.75 Å². The van der Waals surface area contributed by atoms with Crippen molar-refractivity contribution in [1.82, 2.24) is 9.80 Å². The van der Waals surface area contributed by atoms with Crippen LogP contribution < -0.4 is 9.64 Å². The summed E-state index contributed by atoms with van der Waals surface area (Å²) in [6, 6.07) is 17.0. The quantitative estimate of drug-likeness (QED) is 0.781. The van der Waals surface area contributed by atoms with Gasteiger partial charge in [-0.25, -0.2) is 0 Å². The molecule has 1 fully saturated rings. The number of anilines is 1. The maximum atomic E-state index is 13.0. The van der Waals surface area contributed by atoms with Crippen LogP contribution >= 0.6 is 0 Å². The fourth-order valence-electron chi connectivity index (χ4n) is 4.58. The highest BCUT2D eigenvalue weighted by atomic mass is 16.5. The normalized spacial score (nSPS) is 19.5. The molecule has 4 rings (SSSR count). The minimum absolute atomic E-state index is 0.213. The lowest BCUT2D eigenvalue weighted by Gasteiger charge is -2.38. The van der Waals surface area contributed by atoms with Gasteiger partial charge in [-0.2, -0.15) is 0 Å².